The van der Waals surface area contributed by atoms with Crippen molar-refractivity contribution in [1.82, 2.24) is 9.97 Å². The van der Waals surface area contributed by atoms with E-state index in [-0.39, 0.29) is 12.0 Å². The summed E-state index contributed by atoms with van der Waals surface area (Å²) in [4.78, 5) is 8.42. The van der Waals surface area contributed by atoms with E-state index < -0.39 is 0 Å². The lowest BCUT2D eigenvalue weighted by Crippen LogP contribution is -2.06. The minimum absolute atomic E-state index is 0.0248. The third-order valence-electron chi connectivity index (χ3n) is 2.43. The largest absolute Gasteiger partial charge is 0.392 e. The Morgan fingerprint density at radius 1 is 1.42 bits per heavy atom. The van der Waals surface area contributed by atoms with E-state index >= 15 is 0 Å². The molecular weight excluding hydrogens is 152 g/mol. The van der Waals surface area contributed by atoms with Crippen molar-refractivity contribution in [3.8, 4) is 0 Å². The maximum Gasteiger partial charge on any atom is 0.134 e. The van der Waals surface area contributed by atoms with E-state index in [1.54, 1.807) is 12.4 Å². The smallest absolute Gasteiger partial charge is 0.134 e. The van der Waals surface area contributed by atoms with Gasteiger partial charge in [0, 0.05) is 23.4 Å². The second kappa shape index (κ2) is 2.52. The van der Waals surface area contributed by atoms with Crippen LogP contribution in [0.1, 0.15) is 31.2 Å². The highest BCUT2D eigenvalue weighted by Gasteiger charge is 2.41. The molecule has 0 aliphatic heterocycles. The van der Waals surface area contributed by atoms with Gasteiger partial charge in [0.2, 0.25) is 0 Å². The van der Waals surface area contributed by atoms with Crippen molar-refractivity contribution in [3.63, 3.8) is 0 Å². The van der Waals surface area contributed by atoms with Crippen molar-refractivity contribution in [2.75, 3.05) is 0 Å². The topological polar surface area (TPSA) is 46.0 Å². The predicted octanol–water partition coefficient (Wildman–Crippen LogP) is 1.02. The van der Waals surface area contributed by atoms with E-state index in [2.05, 4.69) is 16.9 Å². The highest BCUT2D eigenvalue weighted by Crippen LogP contribution is 2.45. The number of aliphatic hydroxyl groups excluding tert-OH is 1. The zero-order valence-corrected chi connectivity index (χ0v) is 7.12. The van der Waals surface area contributed by atoms with Gasteiger partial charge in [-0.05, 0) is 12.8 Å². The molecule has 0 atom stereocenters. The number of nitrogens with zero attached hydrogens (tertiary/aromatic N) is 2. The molecule has 1 saturated carbocycles. The molecule has 0 saturated heterocycles. The summed E-state index contributed by atoms with van der Waals surface area (Å²) in [5.74, 6) is 0.916. The molecule has 1 aromatic heterocycles. The molecule has 0 aromatic carbocycles. The van der Waals surface area contributed by atoms with E-state index in [1.165, 1.54) is 12.8 Å². The summed E-state index contributed by atoms with van der Waals surface area (Å²) in [6, 6.07) is 0. The quantitative estimate of drug-likeness (QED) is 0.709. The van der Waals surface area contributed by atoms with Gasteiger partial charge in [0.15, 0.2) is 0 Å². The summed E-state index contributed by atoms with van der Waals surface area (Å²) in [5.41, 5.74) is 1.01. The Labute approximate surface area is 71.5 Å². The predicted molar refractivity (Wildman–Crippen MR) is 44.5 cm³/mol. The van der Waals surface area contributed by atoms with Crippen molar-refractivity contribution in [3.05, 3.63) is 23.8 Å². The van der Waals surface area contributed by atoms with Crippen molar-refractivity contribution in [2.24, 2.45) is 0 Å². The molecule has 0 spiro atoms. The minimum Gasteiger partial charge on any atom is -0.392 e. The van der Waals surface area contributed by atoms with E-state index in [1.807, 2.05) is 0 Å². The fourth-order valence-corrected chi connectivity index (χ4v) is 1.16. The van der Waals surface area contributed by atoms with Gasteiger partial charge >= 0.3 is 0 Å². The van der Waals surface area contributed by atoms with Crippen molar-refractivity contribution >= 4 is 0 Å². The van der Waals surface area contributed by atoms with Crippen LogP contribution in [-0.4, -0.2) is 15.1 Å². The van der Waals surface area contributed by atoms with Crippen LogP contribution in [0.2, 0.25) is 0 Å². The summed E-state index contributed by atoms with van der Waals surface area (Å²) in [7, 11) is 0. The highest BCUT2D eigenvalue weighted by atomic mass is 16.3. The van der Waals surface area contributed by atoms with Crippen LogP contribution in [-0.2, 0) is 12.0 Å². The summed E-state index contributed by atoms with van der Waals surface area (Å²) in [6.07, 6.45) is 5.77. The summed E-state index contributed by atoms with van der Waals surface area (Å²) in [5, 5.41) is 8.77. The van der Waals surface area contributed by atoms with Gasteiger partial charge in [-0.15, -0.1) is 0 Å². The van der Waals surface area contributed by atoms with Crippen molar-refractivity contribution in [2.45, 2.75) is 31.8 Å². The first-order valence-corrected chi connectivity index (χ1v) is 4.17. The number of aliphatic hydroxyl groups is 1. The number of hydrogen-bond acceptors (Lipinski definition) is 3. The fourth-order valence-electron chi connectivity index (χ4n) is 1.16. The summed E-state index contributed by atoms with van der Waals surface area (Å²) in [6.45, 7) is 2.19. The Kier molecular flexibility index (Phi) is 1.61. The van der Waals surface area contributed by atoms with Crippen LogP contribution in [0.3, 0.4) is 0 Å². The molecule has 0 bridgehead atoms. The summed E-state index contributed by atoms with van der Waals surface area (Å²) < 4.78 is 0. The van der Waals surface area contributed by atoms with Gasteiger partial charge in [0.05, 0.1) is 6.61 Å². The molecule has 1 aromatic rings. The zero-order valence-electron chi connectivity index (χ0n) is 7.12. The maximum absolute atomic E-state index is 8.77. The van der Waals surface area contributed by atoms with Crippen LogP contribution in [0.5, 0.6) is 0 Å². The lowest BCUT2D eigenvalue weighted by molar-refractivity contribution is 0.280. The Balaban J connectivity index is 2.25. The molecule has 1 fully saturated rings. The highest BCUT2D eigenvalue weighted by molar-refractivity contribution is 5.17. The SMILES string of the molecule is CC1(c2ncc(CO)cn2)CC1. The van der Waals surface area contributed by atoms with E-state index in [0.29, 0.717) is 0 Å². The Morgan fingerprint density at radius 3 is 2.42 bits per heavy atom. The third kappa shape index (κ3) is 1.20. The van der Waals surface area contributed by atoms with Crippen LogP contribution in [0.4, 0.5) is 0 Å². The molecule has 0 radical (unpaired) electrons. The van der Waals surface area contributed by atoms with Gasteiger partial charge in [-0.1, -0.05) is 6.92 Å². The second-order valence-electron chi connectivity index (χ2n) is 3.63. The molecule has 1 aliphatic carbocycles. The molecule has 1 N–H and O–H groups in total. The van der Waals surface area contributed by atoms with Gasteiger partial charge < -0.3 is 5.11 Å². The Hall–Kier alpha value is -0.960. The Morgan fingerprint density at radius 2 is 2.00 bits per heavy atom. The molecule has 64 valence electrons. The zero-order chi connectivity index (χ0) is 8.60. The molecule has 0 amide bonds. The average molecular weight is 164 g/mol. The van der Waals surface area contributed by atoms with Gasteiger partial charge in [0.25, 0.3) is 0 Å². The third-order valence-corrected chi connectivity index (χ3v) is 2.43. The van der Waals surface area contributed by atoms with E-state index in [0.717, 1.165) is 11.4 Å². The molecule has 12 heavy (non-hydrogen) atoms. The Bertz CT molecular complexity index is 277. The number of hydrogen-bond donors (Lipinski definition) is 1. The molecule has 1 heterocycles. The fraction of sp³-hybridized carbons (Fsp3) is 0.556. The minimum atomic E-state index is 0.0248. The maximum atomic E-state index is 8.77. The number of rotatable bonds is 2. The van der Waals surface area contributed by atoms with Crippen LogP contribution in [0, 0.1) is 0 Å². The van der Waals surface area contributed by atoms with Crippen molar-refractivity contribution in [1.29, 1.82) is 0 Å². The molecule has 0 unspecified atom stereocenters. The van der Waals surface area contributed by atoms with E-state index in [4.69, 9.17) is 5.11 Å². The van der Waals surface area contributed by atoms with Gasteiger partial charge in [0.1, 0.15) is 5.82 Å². The first kappa shape index (κ1) is 7.68. The van der Waals surface area contributed by atoms with Crippen molar-refractivity contribution < 1.29 is 5.11 Å². The van der Waals surface area contributed by atoms with Crippen LogP contribution in [0.15, 0.2) is 12.4 Å². The van der Waals surface area contributed by atoms with Gasteiger partial charge in [-0.2, -0.15) is 0 Å². The average Bonchev–Trinajstić information content (AvgIpc) is 2.85. The van der Waals surface area contributed by atoms with Crippen LogP contribution < -0.4 is 0 Å². The standard InChI is InChI=1S/C9H12N2O/c1-9(2-3-9)8-10-4-7(6-12)5-11-8/h4-5,12H,2-3,6H2,1H3. The van der Waals surface area contributed by atoms with Gasteiger partial charge in [-0.3, -0.25) is 0 Å². The normalized spacial score (nSPS) is 19.2. The van der Waals surface area contributed by atoms with E-state index in [9.17, 15) is 0 Å². The lowest BCUT2D eigenvalue weighted by atomic mass is 10.1. The lowest BCUT2D eigenvalue weighted by Gasteiger charge is -2.05. The van der Waals surface area contributed by atoms with Crippen LogP contribution >= 0.6 is 0 Å². The molecule has 1 aliphatic rings. The molecular formula is C9H12N2O. The first-order chi connectivity index (χ1) is 5.74. The monoisotopic (exact) mass is 164 g/mol. The molecule has 3 heteroatoms. The molecule has 2 rings (SSSR count). The number of aromatic nitrogens is 2. The van der Waals surface area contributed by atoms with Gasteiger partial charge in [-0.25, -0.2) is 9.97 Å². The first-order valence-electron chi connectivity index (χ1n) is 4.17. The molecule has 3 nitrogen and oxygen atoms in total. The summed E-state index contributed by atoms with van der Waals surface area (Å²) >= 11 is 0. The second-order valence-corrected chi connectivity index (χ2v) is 3.63. The van der Waals surface area contributed by atoms with Crippen LogP contribution in [0.25, 0.3) is 0 Å².